The smallest absolute Gasteiger partial charge is 0.238 e. The van der Waals surface area contributed by atoms with Crippen LogP contribution in [0.5, 0.6) is 17.2 Å². The van der Waals surface area contributed by atoms with E-state index in [1.165, 1.54) is 0 Å². The summed E-state index contributed by atoms with van der Waals surface area (Å²) in [5, 5.41) is 6.35. The van der Waals surface area contributed by atoms with E-state index in [-0.39, 0.29) is 18.5 Å². The lowest BCUT2D eigenvalue weighted by Crippen LogP contribution is -2.48. The Bertz CT molecular complexity index is 812. The fourth-order valence-corrected chi connectivity index (χ4v) is 3.47. The number of ether oxygens (including phenoxy) is 3. The molecule has 1 fully saturated rings. The molecule has 2 N–H and O–H groups in total. The highest BCUT2D eigenvalue weighted by Gasteiger charge is 2.27. The van der Waals surface area contributed by atoms with Crippen molar-refractivity contribution in [1.29, 1.82) is 0 Å². The summed E-state index contributed by atoms with van der Waals surface area (Å²) in [6.07, 6.45) is 0. The van der Waals surface area contributed by atoms with E-state index >= 15 is 0 Å². The molecule has 0 saturated carbocycles. The van der Waals surface area contributed by atoms with Crippen molar-refractivity contribution in [3.8, 4) is 17.2 Å². The van der Waals surface area contributed by atoms with Crippen LogP contribution in [0.1, 0.15) is 11.6 Å². The first kappa shape index (κ1) is 20.0. The molecule has 1 aliphatic heterocycles. The van der Waals surface area contributed by atoms with Crippen molar-refractivity contribution >= 4 is 11.6 Å². The van der Waals surface area contributed by atoms with Crippen LogP contribution >= 0.6 is 0 Å². The van der Waals surface area contributed by atoms with E-state index in [2.05, 4.69) is 15.5 Å². The largest absolute Gasteiger partial charge is 0.497 e. The Balaban J connectivity index is 1.75. The van der Waals surface area contributed by atoms with Gasteiger partial charge < -0.3 is 24.8 Å². The molecule has 0 aliphatic carbocycles. The number of rotatable bonds is 7. The number of hydrogen-bond donors (Lipinski definition) is 2. The molecule has 7 nitrogen and oxygen atoms in total. The van der Waals surface area contributed by atoms with Crippen LogP contribution in [0.2, 0.25) is 0 Å². The van der Waals surface area contributed by atoms with Gasteiger partial charge in [0, 0.05) is 31.3 Å². The average molecular weight is 385 g/mol. The van der Waals surface area contributed by atoms with Crippen LogP contribution in [0, 0.1) is 0 Å². The molecular formula is C21H27N3O4. The number of methoxy groups -OCH3 is 3. The Hall–Kier alpha value is -2.77. The van der Waals surface area contributed by atoms with Gasteiger partial charge in [-0.2, -0.15) is 0 Å². The van der Waals surface area contributed by atoms with Gasteiger partial charge in [-0.1, -0.05) is 18.2 Å². The van der Waals surface area contributed by atoms with Crippen LogP contribution in [0.4, 0.5) is 5.69 Å². The molecular weight excluding hydrogens is 358 g/mol. The summed E-state index contributed by atoms with van der Waals surface area (Å²) in [7, 11) is 4.83. The summed E-state index contributed by atoms with van der Waals surface area (Å²) in [6.45, 7) is 2.63. The molecule has 1 unspecified atom stereocenters. The zero-order chi connectivity index (χ0) is 19.9. The van der Waals surface area contributed by atoms with Crippen molar-refractivity contribution in [2.45, 2.75) is 6.04 Å². The van der Waals surface area contributed by atoms with Gasteiger partial charge >= 0.3 is 0 Å². The molecule has 0 spiro atoms. The highest BCUT2D eigenvalue weighted by molar-refractivity contribution is 5.94. The van der Waals surface area contributed by atoms with Crippen LogP contribution < -0.4 is 24.8 Å². The van der Waals surface area contributed by atoms with E-state index in [0.29, 0.717) is 17.2 Å². The Morgan fingerprint density at radius 1 is 1.11 bits per heavy atom. The minimum absolute atomic E-state index is 0.0582. The molecule has 2 aromatic rings. The first-order valence-electron chi connectivity index (χ1n) is 9.25. The predicted octanol–water partition coefficient (Wildman–Crippen LogP) is 2.30. The summed E-state index contributed by atoms with van der Waals surface area (Å²) in [5.41, 5.74) is 1.67. The second-order valence-electron chi connectivity index (χ2n) is 6.55. The Morgan fingerprint density at radius 2 is 1.89 bits per heavy atom. The lowest BCUT2D eigenvalue weighted by molar-refractivity contribution is -0.118. The van der Waals surface area contributed by atoms with Crippen LogP contribution in [-0.4, -0.2) is 58.3 Å². The SMILES string of the molecule is COc1ccc(OC)c(NC(=O)CN2CCNCC2c2ccccc2OC)c1. The van der Waals surface area contributed by atoms with Gasteiger partial charge in [-0.15, -0.1) is 0 Å². The number of anilines is 1. The maximum Gasteiger partial charge on any atom is 0.238 e. The van der Waals surface area contributed by atoms with E-state index in [0.717, 1.165) is 30.9 Å². The molecule has 0 radical (unpaired) electrons. The number of nitrogens with one attached hydrogen (secondary N) is 2. The van der Waals surface area contributed by atoms with E-state index in [1.807, 2.05) is 24.3 Å². The van der Waals surface area contributed by atoms with Gasteiger partial charge in [-0.3, -0.25) is 9.69 Å². The van der Waals surface area contributed by atoms with Crippen molar-refractivity contribution in [1.82, 2.24) is 10.2 Å². The zero-order valence-corrected chi connectivity index (χ0v) is 16.5. The van der Waals surface area contributed by atoms with E-state index < -0.39 is 0 Å². The van der Waals surface area contributed by atoms with Crippen molar-refractivity contribution in [3.05, 3.63) is 48.0 Å². The molecule has 2 aromatic carbocycles. The zero-order valence-electron chi connectivity index (χ0n) is 16.5. The molecule has 150 valence electrons. The first-order valence-corrected chi connectivity index (χ1v) is 9.25. The number of carbonyl (C=O) groups is 1. The van der Waals surface area contributed by atoms with Crippen LogP contribution in [0.25, 0.3) is 0 Å². The molecule has 7 heteroatoms. The van der Waals surface area contributed by atoms with Gasteiger partial charge in [0.2, 0.25) is 5.91 Å². The maximum atomic E-state index is 12.8. The van der Waals surface area contributed by atoms with E-state index in [1.54, 1.807) is 39.5 Å². The van der Waals surface area contributed by atoms with Crippen LogP contribution in [0.15, 0.2) is 42.5 Å². The Labute approximate surface area is 165 Å². The number of piperazine rings is 1. The molecule has 3 rings (SSSR count). The van der Waals surface area contributed by atoms with Crippen LogP contribution in [-0.2, 0) is 4.79 Å². The fraction of sp³-hybridized carbons (Fsp3) is 0.381. The molecule has 1 heterocycles. The van der Waals surface area contributed by atoms with Crippen molar-refractivity contribution in [2.75, 3.05) is 52.8 Å². The molecule has 1 aliphatic rings. The third-order valence-electron chi connectivity index (χ3n) is 4.88. The number of amides is 1. The van der Waals surface area contributed by atoms with Crippen molar-refractivity contribution < 1.29 is 19.0 Å². The summed E-state index contributed by atoms with van der Waals surface area (Å²) >= 11 is 0. The summed E-state index contributed by atoms with van der Waals surface area (Å²) in [5.74, 6) is 1.98. The third-order valence-corrected chi connectivity index (χ3v) is 4.88. The molecule has 28 heavy (non-hydrogen) atoms. The number of nitrogens with zero attached hydrogens (tertiary/aromatic N) is 1. The van der Waals surface area contributed by atoms with Gasteiger partial charge in [0.05, 0.1) is 39.6 Å². The van der Waals surface area contributed by atoms with Gasteiger partial charge in [-0.05, 0) is 18.2 Å². The van der Waals surface area contributed by atoms with Crippen molar-refractivity contribution in [3.63, 3.8) is 0 Å². The van der Waals surface area contributed by atoms with Gasteiger partial charge in [-0.25, -0.2) is 0 Å². The topological polar surface area (TPSA) is 72.1 Å². The number of para-hydroxylation sites is 1. The van der Waals surface area contributed by atoms with Crippen molar-refractivity contribution in [2.24, 2.45) is 0 Å². The number of benzene rings is 2. The Kier molecular flexibility index (Phi) is 6.73. The average Bonchev–Trinajstić information content (AvgIpc) is 2.74. The highest BCUT2D eigenvalue weighted by Crippen LogP contribution is 2.31. The van der Waals surface area contributed by atoms with E-state index in [9.17, 15) is 4.79 Å². The third kappa shape index (κ3) is 4.55. The molecule has 1 atom stereocenters. The number of carbonyl (C=O) groups excluding carboxylic acids is 1. The summed E-state index contributed by atoms with van der Waals surface area (Å²) < 4.78 is 16.1. The quantitative estimate of drug-likeness (QED) is 0.762. The standard InChI is InChI=1S/C21H27N3O4/c1-26-15-8-9-20(28-3)17(12-15)23-21(25)14-24-11-10-22-13-18(24)16-6-4-5-7-19(16)27-2/h4-9,12,18,22H,10-11,13-14H2,1-3H3,(H,23,25). The molecule has 0 bridgehead atoms. The normalized spacial score (nSPS) is 17.0. The monoisotopic (exact) mass is 385 g/mol. The predicted molar refractivity (Wildman–Crippen MR) is 108 cm³/mol. The van der Waals surface area contributed by atoms with Crippen LogP contribution in [0.3, 0.4) is 0 Å². The molecule has 1 amide bonds. The van der Waals surface area contributed by atoms with E-state index in [4.69, 9.17) is 14.2 Å². The summed E-state index contributed by atoms with van der Waals surface area (Å²) in [4.78, 5) is 14.9. The fourth-order valence-electron chi connectivity index (χ4n) is 3.47. The highest BCUT2D eigenvalue weighted by atomic mass is 16.5. The molecule has 1 saturated heterocycles. The maximum absolute atomic E-state index is 12.8. The van der Waals surface area contributed by atoms with Gasteiger partial charge in [0.25, 0.3) is 0 Å². The Morgan fingerprint density at radius 3 is 2.64 bits per heavy atom. The number of hydrogen-bond acceptors (Lipinski definition) is 6. The minimum Gasteiger partial charge on any atom is -0.497 e. The second kappa shape index (κ2) is 9.43. The second-order valence-corrected chi connectivity index (χ2v) is 6.55. The minimum atomic E-state index is -0.103. The first-order chi connectivity index (χ1) is 13.7. The summed E-state index contributed by atoms with van der Waals surface area (Å²) in [6, 6.07) is 13.3. The van der Waals surface area contributed by atoms with Gasteiger partial charge in [0.15, 0.2) is 0 Å². The molecule has 0 aromatic heterocycles. The van der Waals surface area contributed by atoms with Gasteiger partial charge in [0.1, 0.15) is 17.2 Å². The lowest BCUT2D eigenvalue weighted by atomic mass is 10.0. The lowest BCUT2D eigenvalue weighted by Gasteiger charge is -2.36.